The van der Waals surface area contributed by atoms with Gasteiger partial charge in [0, 0.05) is 5.56 Å². The first-order valence-electron chi connectivity index (χ1n) is 8.12. The Morgan fingerprint density at radius 2 is 2.00 bits per heavy atom. The van der Waals surface area contributed by atoms with Gasteiger partial charge in [0.05, 0.1) is 17.5 Å². The summed E-state index contributed by atoms with van der Waals surface area (Å²) in [5, 5.41) is 5.58. The Hall–Kier alpha value is -3.02. The number of benzene rings is 2. The van der Waals surface area contributed by atoms with Crippen LogP contribution < -0.4 is 20.1 Å². The number of ether oxygens (including phenoxy) is 2. The molecule has 0 saturated carbocycles. The third-order valence-corrected chi connectivity index (χ3v) is 3.67. The van der Waals surface area contributed by atoms with Crippen molar-refractivity contribution in [2.24, 2.45) is 0 Å². The van der Waals surface area contributed by atoms with Gasteiger partial charge in [-0.3, -0.25) is 9.59 Å². The summed E-state index contributed by atoms with van der Waals surface area (Å²) >= 11 is 0. The number of rotatable bonds is 4. The minimum atomic E-state index is -0.549. The molecule has 130 valence electrons. The molecular weight excluding hydrogens is 320 g/mol. The molecule has 0 bridgehead atoms. The number of para-hydroxylation sites is 2. The molecule has 6 nitrogen and oxygen atoms in total. The van der Waals surface area contributed by atoms with Crippen molar-refractivity contribution in [3.63, 3.8) is 0 Å². The molecule has 0 aliphatic carbocycles. The predicted molar refractivity (Wildman–Crippen MR) is 95.3 cm³/mol. The standard InChI is InChI=1S/C19H20N2O4/c1-11(2)24-16-7-5-4-6-14(16)20-19(23)13-8-9-17-15(10-13)21-18(22)12(3)25-17/h4-12H,1-3H3,(H,20,23)(H,21,22). The number of carbonyl (C=O) groups is 2. The molecule has 0 aromatic heterocycles. The van der Waals surface area contributed by atoms with Crippen LogP contribution in [-0.2, 0) is 4.79 Å². The van der Waals surface area contributed by atoms with Crippen molar-refractivity contribution in [3.8, 4) is 11.5 Å². The van der Waals surface area contributed by atoms with E-state index in [2.05, 4.69) is 10.6 Å². The number of fused-ring (bicyclic) bond motifs is 1. The Bertz CT molecular complexity index is 817. The first-order valence-corrected chi connectivity index (χ1v) is 8.12. The predicted octanol–water partition coefficient (Wildman–Crippen LogP) is 3.45. The third-order valence-electron chi connectivity index (χ3n) is 3.67. The lowest BCUT2D eigenvalue weighted by Gasteiger charge is -2.23. The van der Waals surface area contributed by atoms with E-state index in [1.54, 1.807) is 37.3 Å². The molecule has 1 heterocycles. The minimum absolute atomic E-state index is 0.00357. The first kappa shape index (κ1) is 16.8. The lowest BCUT2D eigenvalue weighted by atomic mass is 10.1. The van der Waals surface area contributed by atoms with Crippen LogP contribution in [0, 0.1) is 0 Å². The van der Waals surface area contributed by atoms with Crippen LogP contribution >= 0.6 is 0 Å². The number of hydrogen-bond acceptors (Lipinski definition) is 4. The average molecular weight is 340 g/mol. The summed E-state index contributed by atoms with van der Waals surface area (Å²) in [6, 6.07) is 12.2. The van der Waals surface area contributed by atoms with Gasteiger partial charge in [-0.2, -0.15) is 0 Å². The number of hydrogen-bond donors (Lipinski definition) is 2. The summed E-state index contributed by atoms with van der Waals surface area (Å²) in [7, 11) is 0. The molecule has 6 heteroatoms. The van der Waals surface area contributed by atoms with Crippen molar-refractivity contribution in [2.45, 2.75) is 33.0 Å². The molecule has 25 heavy (non-hydrogen) atoms. The van der Waals surface area contributed by atoms with Crippen LogP contribution in [0.1, 0.15) is 31.1 Å². The Kier molecular flexibility index (Phi) is 4.61. The highest BCUT2D eigenvalue weighted by atomic mass is 16.5. The maximum absolute atomic E-state index is 12.6. The molecule has 3 rings (SSSR count). The maximum atomic E-state index is 12.6. The Morgan fingerprint density at radius 1 is 1.24 bits per heavy atom. The summed E-state index contributed by atoms with van der Waals surface area (Å²) in [4.78, 5) is 24.3. The van der Waals surface area contributed by atoms with E-state index in [1.165, 1.54) is 0 Å². The molecule has 0 spiro atoms. The van der Waals surface area contributed by atoms with Gasteiger partial charge in [-0.05, 0) is 51.1 Å². The van der Waals surface area contributed by atoms with Crippen LogP contribution in [0.4, 0.5) is 11.4 Å². The van der Waals surface area contributed by atoms with Crippen molar-refractivity contribution in [1.29, 1.82) is 0 Å². The Morgan fingerprint density at radius 3 is 2.76 bits per heavy atom. The van der Waals surface area contributed by atoms with Gasteiger partial charge in [-0.15, -0.1) is 0 Å². The molecule has 1 unspecified atom stereocenters. The summed E-state index contributed by atoms with van der Waals surface area (Å²) in [5.41, 5.74) is 1.49. The fraction of sp³-hybridized carbons (Fsp3) is 0.263. The van der Waals surface area contributed by atoms with E-state index >= 15 is 0 Å². The molecule has 2 aromatic rings. The van der Waals surface area contributed by atoms with Gasteiger partial charge in [0.1, 0.15) is 11.5 Å². The third kappa shape index (κ3) is 3.74. The molecule has 2 aromatic carbocycles. The SMILES string of the molecule is CC(C)Oc1ccccc1NC(=O)c1ccc2c(c1)NC(=O)C(C)O2. The van der Waals surface area contributed by atoms with E-state index in [4.69, 9.17) is 9.47 Å². The second-order valence-corrected chi connectivity index (χ2v) is 6.08. The molecule has 1 atom stereocenters. The fourth-order valence-corrected chi connectivity index (χ4v) is 2.47. The monoisotopic (exact) mass is 340 g/mol. The van der Waals surface area contributed by atoms with E-state index in [0.29, 0.717) is 28.4 Å². The smallest absolute Gasteiger partial charge is 0.265 e. The highest BCUT2D eigenvalue weighted by molar-refractivity contribution is 6.07. The topological polar surface area (TPSA) is 76.7 Å². The largest absolute Gasteiger partial charge is 0.489 e. The van der Waals surface area contributed by atoms with Crippen LogP contribution in [0.3, 0.4) is 0 Å². The van der Waals surface area contributed by atoms with Crippen LogP contribution in [-0.4, -0.2) is 24.0 Å². The first-order chi connectivity index (χ1) is 11.9. The number of nitrogens with one attached hydrogen (secondary N) is 2. The number of carbonyl (C=O) groups excluding carboxylic acids is 2. The quantitative estimate of drug-likeness (QED) is 0.894. The van der Waals surface area contributed by atoms with E-state index in [9.17, 15) is 9.59 Å². The van der Waals surface area contributed by atoms with Crippen LogP contribution in [0.2, 0.25) is 0 Å². The van der Waals surface area contributed by atoms with Crippen LogP contribution in [0.15, 0.2) is 42.5 Å². The van der Waals surface area contributed by atoms with E-state index in [0.717, 1.165) is 0 Å². The highest BCUT2D eigenvalue weighted by Crippen LogP contribution is 2.31. The maximum Gasteiger partial charge on any atom is 0.265 e. The molecule has 0 fully saturated rings. The van der Waals surface area contributed by atoms with Gasteiger partial charge < -0.3 is 20.1 Å². The highest BCUT2D eigenvalue weighted by Gasteiger charge is 2.24. The van der Waals surface area contributed by atoms with Gasteiger partial charge in [0.25, 0.3) is 11.8 Å². The van der Waals surface area contributed by atoms with E-state index in [-0.39, 0.29) is 17.9 Å². The summed E-state index contributed by atoms with van der Waals surface area (Å²) in [6.07, 6.45) is -0.552. The fourth-order valence-electron chi connectivity index (χ4n) is 2.47. The Labute approximate surface area is 146 Å². The molecule has 2 N–H and O–H groups in total. The lowest BCUT2D eigenvalue weighted by molar-refractivity contribution is -0.122. The zero-order valence-corrected chi connectivity index (χ0v) is 14.3. The molecule has 0 saturated heterocycles. The lowest BCUT2D eigenvalue weighted by Crippen LogP contribution is -2.34. The van der Waals surface area contributed by atoms with Crippen molar-refractivity contribution in [2.75, 3.05) is 10.6 Å². The Balaban J connectivity index is 1.81. The molecule has 1 aliphatic heterocycles. The molecule has 0 radical (unpaired) electrons. The van der Waals surface area contributed by atoms with Crippen molar-refractivity contribution in [3.05, 3.63) is 48.0 Å². The van der Waals surface area contributed by atoms with Crippen LogP contribution in [0.25, 0.3) is 0 Å². The van der Waals surface area contributed by atoms with Gasteiger partial charge in [-0.25, -0.2) is 0 Å². The second kappa shape index (κ2) is 6.84. The number of amides is 2. The summed E-state index contributed by atoms with van der Waals surface area (Å²) < 4.78 is 11.2. The van der Waals surface area contributed by atoms with Gasteiger partial charge >= 0.3 is 0 Å². The zero-order valence-electron chi connectivity index (χ0n) is 14.3. The van der Waals surface area contributed by atoms with Crippen LogP contribution in [0.5, 0.6) is 11.5 Å². The molecule has 2 amide bonds. The molecular formula is C19H20N2O4. The number of anilines is 2. The van der Waals surface area contributed by atoms with Gasteiger partial charge in [0.2, 0.25) is 0 Å². The normalized spacial score (nSPS) is 15.8. The van der Waals surface area contributed by atoms with Gasteiger partial charge in [0.15, 0.2) is 6.10 Å². The van der Waals surface area contributed by atoms with Gasteiger partial charge in [-0.1, -0.05) is 12.1 Å². The van der Waals surface area contributed by atoms with Crippen molar-refractivity contribution >= 4 is 23.2 Å². The van der Waals surface area contributed by atoms with Crippen molar-refractivity contribution < 1.29 is 19.1 Å². The summed E-state index contributed by atoms with van der Waals surface area (Å²) in [5.74, 6) is 0.623. The summed E-state index contributed by atoms with van der Waals surface area (Å²) in [6.45, 7) is 5.52. The second-order valence-electron chi connectivity index (χ2n) is 6.08. The minimum Gasteiger partial charge on any atom is -0.489 e. The average Bonchev–Trinajstić information content (AvgIpc) is 2.57. The zero-order chi connectivity index (χ0) is 18.0. The molecule has 1 aliphatic rings. The van der Waals surface area contributed by atoms with E-state index < -0.39 is 6.10 Å². The van der Waals surface area contributed by atoms with Crippen molar-refractivity contribution in [1.82, 2.24) is 0 Å². The van der Waals surface area contributed by atoms with E-state index in [1.807, 2.05) is 26.0 Å².